The quantitative estimate of drug-likeness (QED) is 0.722. The Morgan fingerprint density at radius 1 is 1.21 bits per heavy atom. The van der Waals surface area contributed by atoms with Gasteiger partial charge in [-0.05, 0) is 30.9 Å². The van der Waals surface area contributed by atoms with Gasteiger partial charge in [-0.1, -0.05) is 24.3 Å². The van der Waals surface area contributed by atoms with Gasteiger partial charge in [0.15, 0.2) is 0 Å². The largest absolute Gasteiger partial charge is 0.496 e. The Bertz CT molecular complexity index is 671. The fourth-order valence-corrected chi connectivity index (χ4v) is 3.00. The molecule has 1 aromatic carbocycles. The second-order valence-electron chi connectivity index (χ2n) is 5.37. The highest BCUT2D eigenvalue weighted by molar-refractivity contribution is 7.12. The first kappa shape index (κ1) is 18.0. The summed E-state index contributed by atoms with van der Waals surface area (Å²) in [7, 11) is 1.61. The lowest BCUT2D eigenvalue weighted by atomic mass is 10.1. The molecule has 2 aromatic rings. The van der Waals surface area contributed by atoms with Gasteiger partial charge in [-0.15, -0.1) is 11.3 Å². The first-order valence-electron chi connectivity index (χ1n) is 7.85. The molecule has 1 atom stereocenters. The van der Waals surface area contributed by atoms with E-state index in [4.69, 9.17) is 4.74 Å². The van der Waals surface area contributed by atoms with Gasteiger partial charge in [-0.25, -0.2) is 0 Å². The Labute approximate surface area is 146 Å². The SMILES string of the molecule is COc1ccccc1C(C)NC(=O)CCCNC(=O)c1cccs1. The molecular weight excluding hydrogens is 324 g/mol. The molecule has 0 spiro atoms. The van der Waals surface area contributed by atoms with Crippen molar-refractivity contribution < 1.29 is 14.3 Å². The standard InChI is InChI=1S/C18H22N2O3S/c1-13(14-7-3-4-8-15(14)23-2)20-17(21)10-5-11-19-18(22)16-9-6-12-24-16/h3-4,6-9,12-13H,5,10-11H2,1-2H3,(H,19,22)(H,20,21). The van der Waals surface area contributed by atoms with E-state index in [9.17, 15) is 9.59 Å². The number of hydrogen-bond donors (Lipinski definition) is 2. The van der Waals surface area contributed by atoms with Gasteiger partial charge in [0.05, 0.1) is 18.0 Å². The van der Waals surface area contributed by atoms with Crippen LogP contribution in [0.25, 0.3) is 0 Å². The van der Waals surface area contributed by atoms with Crippen LogP contribution in [-0.4, -0.2) is 25.5 Å². The molecule has 1 unspecified atom stereocenters. The van der Waals surface area contributed by atoms with Crippen molar-refractivity contribution in [3.8, 4) is 5.75 Å². The summed E-state index contributed by atoms with van der Waals surface area (Å²) in [4.78, 5) is 24.5. The van der Waals surface area contributed by atoms with Gasteiger partial charge in [-0.2, -0.15) is 0 Å². The molecule has 0 saturated carbocycles. The Kier molecular flexibility index (Phi) is 6.81. The maximum Gasteiger partial charge on any atom is 0.261 e. The topological polar surface area (TPSA) is 67.4 Å². The zero-order chi connectivity index (χ0) is 17.4. The summed E-state index contributed by atoms with van der Waals surface area (Å²) in [5.41, 5.74) is 0.944. The van der Waals surface area contributed by atoms with E-state index in [-0.39, 0.29) is 17.9 Å². The van der Waals surface area contributed by atoms with Crippen molar-refractivity contribution in [2.24, 2.45) is 0 Å². The summed E-state index contributed by atoms with van der Waals surface area (Å²) in [6.45, 7) is 2.40. The fourth-order valence-electron chi connectivity index (χ4n) is 2.36. The smallest absolute Gasteiger partial charge is 0.261 e. The number of methoxy groups -OCH3 is 1. The minimum absolute atomic E-state index is 0.0428. The van der Waals surface area contributed by atoms with Crippen molar-refractivity contribution in [1.82, 2.24) is 10.6 Å². The van der Waals surface area contributed by atoms with Crippen LogP contribution in [-0.2, 0) is 4.79 Å². The Hall–Kier alpha value is -2.34. The van der Waals surface area contributed by atoms with Crippen LogP contribution in [0.3, 0.4) is 0 Å². The number of thiophene rings is 1. The van der Waals surface area contributed by atoms with Crippen LogP contribution >= 0.6 is 11.3 Å². The molecule has 2 amide bonds. The van der Waals surface area contributed by atoms with Crippen LogP contribution in [0.5, 0.6) is 5.75 Å². The predicted molar refractivity (Wildman–Crippen MR) is 95.4 cm³/mol. The number of carbonyl (C=O) groups is 2. The average Bonchev–Trinajstić information content (AvgIpc) is 3.13. The Morgan fingerprint density at radius 2 is 2.00 bits per heavy atom. The Morgan fingerprint density at radius 3 is 2.71 bits per heavy atom. The second kappa shape index (κ2) is 9.08. The number of ether oxygens (including phenoxy) is 1. The van der Waals surface area contributed by atoms with E-state index in [0.29, 0.717) is 24.3 Å². The van der Waals surface area contributed by atoms with Gasteiger partial charge < -0.3 is 15.4 Å². The summed E-state index contributed by atoms with van der Waals surface area (Å²) >= 11 is 1.40. The van der Waals surface area contributed by atoms with Crippen molar-refractivity contribution in [2.75, 3.05) is 13.7 Å². The Balaban J connectivity index is 1.72. The molecule has 128 valence electrons. The molecule has 0 saturated heterocycles. The van der Waals surface area contributed by atoms with Gasteiger partial charge in [0, 0.05) is 18.5 Å². The van der Waals surface area contributed by atoms with Crippen LogP contribution in [0.2, 0.25) is 0 Å². The number of rotatable bonds is 8. The monoisotopic (exact) mass is 346 g/mol. The number of benzene rings is 1. The zero-order valence-electron chi connectivity index (χ0n) is 13.9. The van der Waals surface area contributed by atoms with Crippen molar-refractivity contribution in [3.63, 3.8) is 0 Å². The van der Waals surface area contributed by atoms with E-state index in [2.05, 4.69) is 10.6 Å². The summed E-state index contributed by atoms with van der Waals surface area (Å²) in [6.07, 6.45) is 0.964. The van der Waals surface area contributed by atoms with Crippen molar-refractivity contribution >= 4 is 23.2 Å². The second-order valence-corrected chi connectivity index (χ2v) is 6.32. The lowest BCUT2D eigenvalue weighted by molar-refractivity contribution is -0.121. The minimum Gasteiger partial charge on any atom is -0.496 e. The molecule has 5 nitrogen and oxygen atoms in total. The van der Waals surface area contributed by atoms with Gasteiger partial charge in [0.25, 0.3) is 5.91 Å². The third-order valence-corrected chi connectivity index (χ3v) is 4.46. The van der Waals surface area contributed by atoms with Gasteiger partial charge in [-0.3, -0.25) is 9.59 Å². The van der Waals surface area contributed by atoms with Gasteiger partial charge >= 0.3 is 0 Å². The molecule has 1 heterocycles. The van der Waals surface area contributed by atoms with E-state index in [1.54, 1.807) is 13.2 Å². The number of para-hydroxylation sites is 1. The summed E-state index contributed by atoms with van der Waals surface area (Å²) in [6, 6.07) is 11.1. The van der Waals surface area contributed by atoms with Crippen molar-refractivity contribution in [1.29, 1.82) is 0 Å². The van der Waals surface area contributed by atoms with Crippen LogP contribution in [0.4, 0.5) is 0 Å². The lowest BCUT2D eigenvalue weighted by Gasteiger charge is -2.17. The predicted octanol–water partition coefficient (Wildman–Crippen LogP) is 3.14. The highest BCUT2D eigenvalue weighted by Crippen LogP contribution is 2.24. The van der Waals surface area contributed by atoms with E-state index in [0.717, 1.165) is 11.3 Å². The minimum atomic E-state index is -0.130. The number of amides is 2. The molecule has 6 heteroatoms. The zero-order valence-corrected chi connectivity index (χ0v) is 14.7. The van der Waals surface area contributed by atoms with Crippen LogP contribution in [0.15, 0.2) is 41.8 Å². The first-order chi connectivity index (χ1) is 11.6. The average molecular weight is 346 g/mol. The van der Waals surface area contributed by atoms with Gasteiger partial charge in [0.1, 0.15) is 5.75 Å². The lowest BCUT2D eigenvalue weighted by Crippen LogP contribution is -2.29. The van der Waals surface area contributed by atoms with Crippen LogP contribution in [0, 0.1) is 0 Å². The van der Waals surface area contributed by atoms with E-state index in [1.807, 2.05) is 42.6 Å². The van der Waals surface area contributed by atoms with Crippen molar-refractivity contribution in [2.45, 2.75) is 25.8 Å². The molecule has 24 heavy (non-hydrogen) atoms. The highest BCUT2D eigenvalue weighted by atomic mass is 32.1. The molecule has 0 aliphatic carbocycles. The third-order valence-electron chi connectivity index (χ3n) is 3.59. The summed E-state index contributed by atoms with van der Waals surface area (Å²) in [5, 5.41) is 7.63. The van der Waals surface area contributed by atoms with Crippen LogP contribution < -0.4 is 15.4 Å². The molecule has 1 aromatic heterocycles. The molecule has 0 aliphatic heterocycles. The summed E-state index contributed by atoms with van der Waals surface area (Å²) in [5.74, 6) is 0.625. The normalized spacial score (nSPS) is 11.6. The number of carbonyl (C=O) groups excluding carboxylic acids is 2. The third kappa shape index (κ3) is 5.09. The molecule has 2 N–H and O–H groups in total. The number of hydrogen-bond acceptors (Lipinski definition) is 4. The molecule has 0 fully saturated rings. The number of nitrogens with one attached hydrogen (secondary N) is 2. The van der Waals surface area contributed by atoms with Gasteiger partial charge in [0.2, 0.25) is 5.91 Å². The first-order valence-corrected chi connectivity index (χ1v) is 8.73. The van der Waals surface area contributed by atoms with E-state index < -0.39 is 0 Å². The maximum atomic E-state index is 12.0. The van der Waals surface area contributed by atoms with Crippen molar-refractivity contribution in [3.05, 3.63) is 52.2 Å². The molecule has 0 radical (unpaired) electrons. The molecule has 0 bridgehead atoms. The maximum absolute atomic E-state index is 12.0. The highest BCUT2D eigenvalue weighted by Gasteiger charge is 2.13. The fraction of sp³-hybridized carbons (Fsp3) is 0.333. The van der Waals surface area contributed by atoms with E-state index in [1.165, 1.54) is 11.3 Å². The van der Waals surface area contributed by atoms with Crippen LogP contribution in [0.1, 0.15) is 41.0 Å². The summed E-state index contributed by atoms with van der Waals surface area (Å²) < 4.78 is 5.31. The molecule has 0 aliphatic rings. The molecule has 2 rings (SSSR count). The molecular formula is C18H22N2O3S. The van der Waals surface area contributed by atoms with E-state index >= 15 is 0 Å².